The van der Waals surface area contributed by atoms with Crippen LogP contribution in [-0.4, -0.2) is 16.4 Å². The molecule has 1 aromatic carbocycles. The van der Waals surface area contributed by atoms with Crippen LogP contribution in [0.5, 0.6) is 0 Å². The monoisotopic (exact) mass is 265 g/mol. The highest BCUT2D eigenvalue weighted by atomic mass is 32.1. The molecular formula is C13H16FN3S. The minimum Gasteiger partial charge on any atom is -0.346 e. The van der Waals surface area contributed by atoms with Crippen LogP contribution in [0.25, 0.3) is 0 Å². The molecule has 2 rings (SSSR count). The Bertz CT molecular complexity index is 507. The second kappa shape index (κ2) is 5.44. The van der Waals surface area contributed by atoms with Crippen molar-refractivity contribution in [3.05, 3.63) is 41.5 Å². The number of benzene rings is 1. The summed E-state index contributed by atoms with van der Waals surface area (Å²) in [5.74, 6) is 1.01. The van der Waals surface area contributed by atoms with Crippen LogP contribution in [0.2, 0.25) is 0 Å². The first kappa shape index (κ1) is 13.0. The molecule has 0 aliphatic heterocycles. The van der Waals surface area contributed by atoms with Crippen molar-refractivity contribution in [2.45, 2.75) is 26.3 Å². The first-order valence-electron chi connectivity index (χ1n) is 5.85. The number of rotatable bonds is 4. The molecule has 0 amide bonds. The maximum absolute atomic E-state index is 12.8. The van der Waals surface area contributed by atoms with Gasteiger partial charge >= 0.3 is 0 Å². The molecule has 0 saturated carbocycles. The van der Waals surface area contributed by atoms with Crippen LogP contribution in [0.1, 0.15) is 31.2 Å². The largest absolute Gasteiger partial charge is 0.346 e. The van der Waals surface area contributed by atoms with Gasteiger partial charge in [0, 0.05) is 31.0 Å². The predicted molar refractivity (Wildman–Crippen MR) is 72.5 cm³/mol. The smallest absolute Gasteiger partial charge is 0.205 e. The summed E-state index contributed by atoms with van der Waals surface area (Å²) < 4.78 is 17.1. The van der Waals surface area contributed by atoms with Crippen LogP contribution < -0.4 is 4.90 Å². The van der Waals surface area contributed by atoms with E-state index in [1.165, 1.54) is 23.7 Å². The third kappa shape index (κ3) is 3.04. The van der Waals surface area contributed by atoms with Crippen LogP contribution in [-0.2, 0) is 6.54 Å². The standard InChI is InChI=1S/C13H16FN3S/c1-9(2)12-15-13(18-16-12)17(3)8-10-4-6-11(14)7-5-10/h4-7,9H,8H2,1-3H3. The van der Waals surface area contributed by atoms with Gasteiger partial charge in [0.25, 0.3) is 0 Å². The summed E-state index contributed by atoms with van der Waals surface area (Å²) in [7, 11) is 1.97. The fraction of sp³-hybridized carbons (Fsp3) is 0.385. The van der Waals surface area contributed by atoms with E-state index in [4.69, 9.17) is 0 Å². The molecule has 0 bridgehead atoms. The molecule has 0 saturated heterocycles. The quantitative estimate of drug-likeness (QED) is 0.848. The van der Waals surface area contributed by atoms with E-state index in [0.29, 0.717) is 12.5 Å². The molecule has 0 aliphatic carbocycles. The zero-order chi connectivity index (χ0) is 13.1. The summed E-state index contributed by atoms with van der Waals surface area (Å²) in [6.45, 7) is 4.85. The van der Waals surface area contributed by atoms with Crippen molar-refractivity contribution in [1.82, 2.24) is 9.36 Å². The Morgan fingerprint density at radius 1 is 1.28 bits per heavy atom. The molecular weight excluding hydrogens is 249 g/mol. The SMILES string of the molecule is CC(C)c1nsc(N(C)Cc2ccc(F)cc2)n1. The zero-order valence-corrected chi connectivity index (χ0v) is 11.5. The van der Waals surface area contributed by atoms with Crippen molar-refractivity contribution >= 4 is 16.7 Å². The molecule has 96 valence electrons. The Labute approximate surface area is 110 Å². The number of aromatic nitrogens is 2. The number of anilines is 1. The van der Waals surface area contributed by atoms with E-state index in [2.05, 4.69) is 23.2 Å². The lowest BCUT2D eigenvalue weighted by atomic mass is 10.2. The molecule has 0 radical (unpaired) electrons. The van der Waals surface area contributed by atoms with E-state index in [1.807, 2.05) is 11.9 Å². The molecule has 0 spiro atoms. The van der Waals surface area contributed by atoms with Gasteiger partial charge in [-0.1, -0.05) is 26.0 Å². The summed E-state index contributed by atoms with van der Waals surface area (Å²) in [6, 6.07) is 6.53. The summed E-state index contributed by atoms with van der Waals surface area (Å²) in [5, 5.41) is 0.892. The first-order valence-corrected chi connectivity index (χ1v) is 6.63. The molecule has 0 N–H and O–H groups in total. The lowest BCUT2D eigenvalue weighted by molar-refractivity contribution is 0.627. The van der Waals surface area contributed by atoms with Gasteiger partial charge in [0.2, 0.25) is 5.13 Å². The van der Waals surface area contributed by atoms with E-state index < -0.39 is 0 Å². The Morgan fingerprint density at radius 2 is 1.94 bits per heavy atom. The molecule has 0 fully saturated rings. The second-order valence-corrected chi connectivity index (χ2v) is 5.30. The minimum absolute atomic E-state index is 0.209. The van der Waals surface area contributed by atoms with Gasteiger partial charge in [-0.15, -0.1) is 0 Å². The maximum Gasteiger partial charge on any atom is 0.205 e. The fourth-order valence-electron chi connectivity index (χ4n) is 1.55. The third-order valence-electron chi connectivity index (χ3n) is 2.61. The van der Waals surface area contributed by atoms with Gasteiger partial charge in [0.1, 0.15) is 11.6 Å². The Kier molecular flexibility index (Phi) is 3.91. The summed E-state index contributed by atoms with van der Waals surface area (Å²) in [4.78, 5) is 6.51. The second-order valence-electron chi connectivity index (χ2n) is 4.57. The highest BCUT2D eigenvalue weighted by molar-refractivity contribution is 7.09. The van der Waals surface area contributed by atoms with Gasteiger partial charge < -0.3 is 4.90 Å². The fourth-order valence-corrected chi connectivity index (χ4v) is 2.31. The van der Waals surface area contributed by atoms with Crippen LogP contribution in [0.15, 0.2) is 24.3 Å². The zero-order valence-electron chi connectivity index (χ0n) is 10.7. The topological polar surface area (TPSA) is 29.0 Å². The lowest BCUT2D eigenvalue weighted by Gasteiger charge is -2.15. The van der Waals surface area contributed by atoms with Gasteiger partial charge in [-0.25, -0.2) is 9.37 Å². The molecule has 2 aromatic rings. The van der Waals surface area contributed by atoms with Gasteiger partial charge in [-0.3, -0.25) is 0 Å². The van der Waals surface area contributed by atoms with Crippen molar-refractivity contribution in [2.24, 2.45) is 0 Å². The van der Waals surface area contributed by atoms with Gasteiger partial charge in [-0.05, 0) is 17.7 Å². The van der Waals surface area contributed by atoms with Crippen molar-refractivity contribution in [3.8, 4) is 0 Å². The van der Waals surface area contributed by atoms with Crippen LogP contribution in [0.4, 0.5) is 9.52 Å². The number of hydrogen-bond donors (Lipinski definition) is 0. The van der Waals surface area contributed by atoms with Crippen molar-refractivity contribution in [2.75, 3.05) is 11.9 Å². The van der Waals surface area contributed by atoms with Crippen molar-refractivity contribution < 1.29 is 4.39 Å². The number of nitrogens with zero attached hydrogens (tertiary/aromatic N) is 3. The molecule has 1 heterocycles. The third-order valence-corrected chi connectivity index (χ3v) is 3.45. The lowest BCUT2D eigenvalue weighted by Crippen LogP contribution is -2.16. The van der Waals surface area contributed by atoms with Crippen LogP contribution in [0, 0.1) is 5.82 Å². The van der Waals surface area contributed by atoms with E-state index in [-0.39, 0.29) is 5.82 Å². The van der Waals surface area contributed by atoms with Gasteiger partial charge in [0.15, 0.2) is 0 Å². The highest BCUT2D eigenvalue weighted by Crippen LogP contribution is 2.21. The highest BCUT2D eigenvalue weighted by Gasteiger charge is 2.11. The molecule has 5 heteroatoms. The molecule has 1 aromatic heterocycles. The molecule has 3 nitrogen and oxygen atoms in total. The Morgan fingerprint density at radius 3 is 2.50 bits per heavy atom. The molecule has 0 atom stereocenters. The number of halogens is 1. The van der Waals surface area contributed by atoms with E-state index in [0.717, 1.165) is 16.5 Å². The van der Waals surface area contributed by atoms with Crippen LogP contribution in [0.3, 0.4) is 0 Å². The minimum atomic E-state index is -0.209. The van der Waals surface area contributed by atoms with E-state index in [1.54, 1.807) is 12.1 Å². The normalized spacial score (nSPS) is 10.9. The Hall–Kier alpha value is -1.49. The van der Waals surface area contributed by atoms with E-state index in [9.17, 15) is 4.39 Å². The summed E-state index contributed by atoms with van der Waals surface area (Å²) in [6.07, 6.45) is 0. The van der Waals surface area contributed by atoms with Gasteiger partial charge in [-0.2, -0.15) is 4.37 Å². The molecule has 0 unspecified atom stereocenters. The summed E-state index contributed by atoms with van der Waals surface area (Å²) >= 11 is 1.40. The van der Waals surface area contributed by atoms with E-state index >= 15 is 0 Å². The predicted octanol–water partition coefficient (Wildman–Crippen LogP) is 3.44. The first-order chi connectivity index (χ1) is 8.56. The summed E-state index contributed by atoms with van der Waals surface area (Å²) in [5.41, 5.74) is 1.06. The number of hydrogen-bond acceptors (Lipinski definition) is 4. The van der Waals surface area contributed by atoms with Crippen molar-refractivity contribution in [1.29, 1.82) is 0 Å². The molecule has 18 heavy (non-hydrogen) atoms. The average Bonchev–Trinajstić information content (AvgIpc) is 2.81. The molecule has 0 aliphatic rings. The average molecular weight is 265 g/mol. The van der Waals surface area contributed by atoms with Crippen LogP contribution >= 0.6 is 11.5 Å². The Balaban J connectivity index is 2.06. The van der Waals surface area contributed by atoms with Gasteiger partial charge in [0.05, 0.1) is 0 Å². The van der Waals surface area contributed by atoms with Crippen molar-refractivity contribution in [3.63, 3.8) is 0 Å². The maximum atomic E-state index is 12.8.